The van der Waals surface area contributed by atoms with Crippen LogP contribution in [-0.2, 0) is 17.6 Å². The maximum Gasteiger partial charge on any atom is 0.267 e. The number of aromatic nitrogens is 2. The molecule has 2 heterocycles. The molecular formula is C21H23N3O2S2. The number of hydrogen-bond acceptors (Lipinski definition) is 5. The number of carbonyl (C=O) groups excluding carboxylic acids is 1. The third-order valence-electron chi connectivity index (χ3n) is 5.34. The molecule has 5 nitrogen and oxygen atoms in total. The number of aryl methyl sites for hydroxylation is 2. The molecule has 1 amide bonds. The molecule has 7 heteroatoms. The molecule has 0 radical (unpaired) electrons. The minimum atomic E-state index is -0.478. The van der Waals surface area contributed by atoms with Gasteiger partial charge in [0.15, 0.2) is 5.16 Å². The zero-order valence-corrected chi connectivity index (χ0v) is 17.8. The minimum Gasteiger partial charge on any atom is -0.369 e. The molecule has 2 aromatic heterocycles. The van der Waals surface area contributed by atoms with Gasteiger partial charge in [-0.05, 0) is 56.2 Å². The molecule has 3 aromatic rings. The van der Waals surface area contributed by atoms with E-state index < -0.39 is 11.2 Å². The predicted octanol–water partition coefficient (Wildman–Crippen LogP) is 3.85. The van der Waals surface area contributed by atoms with Gasteiger partial charge in [-0.2, -0.15) is 0 Å². The Morgan fingerprint density at radius 3 is 2.86 bits per heavy atom. The van der Waals surface area contributed by atoms with E-state index in [2.05, 4.69) is 6.92 Å². The fourth-order valence-electron chi connectivity index (χ4n) is 3.69. The third kappa shape index (κ3) is 3.26. The second-order valence-corrected chi connectivity index (χ2v) is 9.91. The van der Waals surface area contributed by atoms with E-state index >= 15 is 0 Å². The number of thiophene rings is 1. The number of nitrogens with zero attached hydrogens (tertiary/aromatic N) is 2. The summed E-state index contributed by atoms with van der Waals surface area (Å²) in [6.45, 7) is 5.97. The summed E-state index contributed by atoms with van der Waals surface area (Å²) in [4.78, 5) is 32.2. The van der Waals surface area contributed by atoms with Crippen molar-refractivity contribution in [1.82, 2.24) is 9.55 Å². The Balaban J connectivity index is 2.01. The molecule has 0 saturated carbocycles. The normalized spacial score (nSPS) is 17.5. The predicted molar refractivity (Wildman–Crippen MR) is 116 cm³/mol. The van der Waals surface area contributed by atoms with Gasteiger partial charge in [0.05, 0.1) is 16.3 Å². The van der Waals surface area contributed by atoms with E-state index in [1.807, 2.05) is 31.2 Å². The van der Waals surface area contributed by atoms with Crippen LogP contribution in [0.1, 0.15) is 36.3 Å². The number of primary amides is 1. The minimum absolute atomic E-state index is 0.0504. The molecule has 1 aromatic carbocycles. The zero-order chi connectivity index (χ0) is 20.0. The first-order valence-corrected chi connectivity index (χ1v) is 11.2. The number of thioether (sulfide) groups is 1. The number of carbonyl (C=O) groups is 1. The van der Waals surface area contributed by atoms with Crippen molar-refractivity contribution < 1.29 is 4.79 Å². The van der Waals surface area contributed by atoms with Crippen molar-refractivity contribution in [3.8, 4) is 5.69 Å². The summed E-state index contributed by atoms with van der Waals surface area (Å²) in [5.41, 5.74) is 8.37. The summed E-state index contributed by atoms with van der Waals surface area (Å²) in [7, 11) is 0. The van der Waals surface area contributed by atoms with Crippen LogP contribution in [0.25, 0.3) is 15.9 Å². The lowest BCUT2D eigenvalue weighted by Crippen LogP contribution is -2.27. The highest BCUT2D eigenvalue weighted by molar-refractivity contribution is 8.00. The van der Waals surface area contributed by atoms with E-state index in [9.17, 15) is 9.59 Å². The van der Waals surface area contributed by atoms with Gasteiger partial charge in [0.1, 0.15) is 4.83 Å². The average Bonchev–Trinajstić information content (AvgIpc) is 3.00. The van der Waals surface area contributed by atoms with Gasteiger partial charge in [-0.1, -0.05) is 36.9 Å². The van der Waals surface area contributed by atoms with Crippen molar-refractivity contribution in [3.05, 3.63) is 50.6 Å². The molecule has 146 valence electrons. The molecule has 0 fully saturated rings. The van der Waals surface area contributed by atoms with Crippen molar-refractivity contribution in [3.63, 3.8) is 0 Å². The van der Waals surface area contributed by atoms with Crippen molar-refractivity contribution in [2.45, 2.75) is 50.4 Å². The zero-order valence-electron chi connectivity index (χ0n) is 16.2. The molecule has 0 aliphatic heterocycles. The van der Waals surface area contributed by atoms with Gasteiger partial charge in [0, 0.05) is 4.88 Å². The third-order valence-corrected chi connectivity index (χ3v) is 7.56. The molecular weight excluding hydrogens is 390 g/mol. The van der Waals surface area contributed by atoms with Crippen LogP contribution < -0.4 is 11.3 Å². The standard InChI is InChI=1S/C21H23N3O2S2/c1-11-8-9-14-16(10-11)28-19-17(14)20(26)24(15-7-5-4-6-12(15)2)21(23-19)27-13(3)18(22)25/h4-7,11,13H,8-10H2,1-3H3,(H2,22,25)/t11-,13-/m0/s1. The van der Waals surface area contributed by atoms with Crippen LogP contribution in [0.5, 0.6) is 0 Å². The first kappa shape index (κ1) is 19.2. The molecule has 28 heavy (non-hydrogen) atoms. The first-order chi connectivity index (χ1) is 13.4. The SMILES string of the molecule is Cc1ccccc1-n1c(S[C@@H](C)C(N)=O)nc2sc3c(c2c1=O)CC[C@H](C)C3. The maximum atomic E-state index is 13.7. The fraction of sp³-hybridized carbons (Fsp3) is 0.381. The Morgan fingerprint density at radius 1 is 1.39 bits per heavy atom. The largest absolute Gasteiger partial charge is 0.369 e. The Hall–Kier alpha value is -2.12. The van der Waals surface area contributed by atoms with E-state index in [1.165, 1.54) is 16.6 Å². The second-order valence-electron chi connectivity index (χ2n) is 7.52. The Bertz CT molecular complexity index is 1130. The van der Waals surface area contributed by atoms with E-state index in [4.69, 9.17) is 10.7 Å². The molecule has 4 rings (SSSR count). The molecule has 1 aliphatic carbocycles. The summed E-state index contributed by atoms with van der Waals surface area (Å²) in [5, 5.41) is 0.783. The Labute approximate surface area is 172 Å². The summed E-state index contributed by atoms with van der Waals surface area (Å²) in [5.74, 6) is 0.206. The van der Waals surface area contributed by atoms with Crippen LogP contribution in [0, 0.1) is 12.8 Å². The van der Waals surface area contributed by atoms with Gasteiger partial charge in [0.2, 0.25) is 5.91 Å². The highest BCUT2D eigenvalue weighted by Crippen LogP contribution is 2.37. The van der Waals surface area contributed by atoms with Crippen molar-refractivity contribution in [2.75, 3.05) is 0 Å². The van der Waals surface area contributed by atoms with E-state index in [0.29, 0.717) is 11.1 Å². The molecule has 1 aliphatic rings. The van der Waals surface area contributed by atoms with Gasteiger partial charge in [0.25, 0.3) is 5.56 Å². The van der Waals surface area contributed by atoms with Crippen LogP contribution >= 0.6 is 23.1 Å². The van der Waals surface area contributed by atoms with Gasteiger partial charge >= 0.3 is 0 Å². The Morgan fingerprint density at radius 2 is 2.14 bits per heavy atom. The topological polar surface area (TPSA) is 78.0 Å². The van der Waals surface area contributed by atoms with Gasteiger partial charge in [-0.15, -0.1) is 11.3 Å². The summed E-state index contributed by atoms with van der Waals surface area (Å²) in [6, 6.07) is 7.76. The van der Waals surface area contributed by atoms with Gasteiger partial charge < -0.3 is 5.73 Å². The number of nitrogens with two attached hydrogens (primary N) is 1. The van der Waals surface area contributed by atoms with E-state index in [-0.39, 0.29) is 5.56 Å². The number of rotatable bonds is 4. The quantitative estimate of drug-likeness (QED) is 0.521. The lowest BCUT2D eigenvalue weighted by Gasteiger charge is -2.18. The molecule has 0 unspecified atom stereocenters. The van der Waals surface area contributed by atoms with Crippen LogP contribution in [0.3, 0.4) is 0 Å². The smallest absolute Gasteiger partial charge is 0.267 e. The van der Waals surface area contributed by atoms with Gasteiger partial charge in [-0.25, -0.2) is 4.98 Å². The van der Waals surface area contributed by atoms with Crippen molar-refractivity contribution in [1.29, 1.82) is 0 Å². The number of amides is 1. The highest BCUT2D eigenvalue weighted by Gasteiger charge is 2.26. The highest BCUT2D eigenvalue weighted by atomic mass is 32.2. The van der Waals surface area contributed by atoms with Crippen LogP contribution in [0.15, 0.2) is 34.2 Å². The van der Waals surface area contributed by atoms with E-state index in [1.54, 1.807) is 22.8 Å². The fourth-order valence-corrected chi connectivity index (χ4v) is 5.99. The average molecular weight is 414 g/mol. The molecule has 0 spiro atoms. The molecule has 0 bridgehead atoms. The lowest BCUT2D eigenvalue weighted by atomic mass is 9.89. The summed E-state index contributed by atoms with van der Waals surface area (Å²) >= 11 is 2.86. The summed E-state index contributed by atoms with van der Waals surface area (Å²) in [6.07, 6.45) is 3.02. The monoisotopic (exact) mass is 413 g/mol. The summed E-state index contributed by atoms with van der Waals surface area (Å²) < 4.78 is 1.66. The first-order valence-electron chi connectivity index (χ1n) is 9.46. The second kappa shape index (κ2) is 7.37. The number of hydrogen-bond donors (Lipinski definition) is 1. The van der Waals surface area contributed by atoms with Crippen LogP contribution in [0.4, 0.5) is 0 Å². The molecule has 2 N–H and O–H groups in total. The number of benzene rings is 1. The lowest BCUT2D eigenvalue weighted by molar-refractivity contribution is -0.117. The van der Waals surface area contributed by atoms with Crippen molar-refractivity contribution in [2.24, 2.45) is 11.7 Å². The number of para-hydroxylation sites is 1. The number of fused-ring (bicyclic) bond motifs is 3. The molecule has 0 saturated heterocycles. The maximum absolute atomic E-state index is 13.7. The van der Waals surface area contributed by atoms with Crippen LogP contribution in [-0.4, -0.2) is 20.7 Å². The molecule has 2 atom stereocenters. The van der Waals surface area contributed by atoms with Gasteiger partial charge in [-0.3, -0.25) is 14.2 Å². The van der Waals surface area contributed by atoms with E-state index in [0.717, 1.165) is 46.3 Å². The van der Waals surface area contributed by atoms with Crippen LogP contribution in [0.2, 0.25) is 0 Å². The Kier molecular flexibility index (Phi) is 5.05. The van der Waals surface area contributed by atoms with Crippen molar-refractivity contribution >= 4 is 39.2 Å².